The van der Waals surface area contributed by atoms with E-state index in [9.17, 15) is 14.4 Å². The smallest absolute Gasteiger partial charge is 0.325 e. The largest absolute Gasteiger partial charge is 0.454 e. The molecule has 1 aromatic carbocycles. The van der Waals surface area contributed by atoms with Gasteiger partial charge < -0.3 is 15.0 Å². The monoisotopic (exact) mass is 386 g/mol. The maximum absolute atomic E-state index is 12.0. The lowest BCUT2D eigenvalue weighted by atomic mass is 9.99. The fraction of sp³-hybridized carbons (Fsp3) is 0.471. The van der Waals surface area contributed by atoms with Gasteiger partial charge in [0.25, 0.3) is 11.8 Å². The molecule has 25 heavy (non-hydrogen) atoms. The molecule has 2 amide bonds. The standard InChI is InChI=1S/C17H20Cl2N2O4/c1-11-4-6-21(7-5-11)15(22)10-25-16(23)9-20-17(24)12-2-3-13(18)14(19)8-12/h2-3,8,11H,4-7,9-10H2,1H3,(H,20,24). The number of ether oxygens (including phenoxy) is 1. The van der Waals surface area contributed by atoms with Gasteiger partial charge in [-0.3, -0.25) is 14.4 Å². The Kier molecular flexibility index (Phi) is 7.08. The van der Waals surface area contributed by atoms with Crippen LogP contribution < -0.4 is 5.32 Å². The summed E-state index contributed by atoms with van der Waals surface area (Å²) < 4.78 is 4.92. The fourth-order valence-corrected chi connectivity index (χ4v) is 2.73. The van der Waals surface area contributed by atoms with Gasteiger partial charge in [0.1, 0.15) is 6.54 Å². The van der Waals surface area contributed by atoms with E-state index >= 15 is 0 Å². The summed E-state index contributed by atoms with van der Waals surface area (Å²) in [5.41, 5.74) is 0.278. The number of rotatable bonds is 5. The molecule has 6 nitrogen and oxygen atoms in total. The van der Waals surface area contributed by atoms with Crippen LogP contribution in [-0.4, -0.2) is 48.9 Å². The van der Waals surface area contributed by atoms with Crippen molar-refractivity contribution in [1.29, 1.82) is 0 Å². The second-order valence-corrected chi connectivity index (χ2v) is 6.85. The second-order valence-electron chi connectivity index (χ2n) is 6.04. The Balaban J connectivity index is 1.72. The Bertz CT molecular complexity index is 658. The van der Waals surface area contributed by atoms with Gasteiger partial charge in [0.05, 0.1) is 10.0 Å². The van der Waals surface area contributed by atoms with Crippen molar-refractivity contribution in [3.8, 4) is 0 Å². The first-order chi connectivity index (χ1) is 11.9. The normalized spacial score (nSPS) is 14.9. The zero-order chi connectivity index (χ0) is 18.4. The first-order valence-electron chi connectivity index (χ1n) is 8.03. The number of nitrogens with zero attached hydrogens (tertiary/aromatic N) is 1. The van der Waals surface area contributed by atoms with Crippen LogP contribution in [0.15, 0.2) is 18.2 Å². The zero-order valence-corrected chi connectivity index (χ0v) is 15.4. The van der Waals surface area contributed by atoms with Crippen LogP contribution >= 0.6 is 23.2 Å². The summed E-state index contributed by atoms with van der Waals surface area (Å²) in [5.74, 6) is -0.752. The van der Waals surface area contributed by atoms with Gasteiger partial charge >= 0.3 is 5.97 Å². The molecule has 0 saturated carbocycles. The van der Waals surface area contributed by atoms with Crippen LogP contribution in [0, 0.1) is 5.92 Å². The SMILES string of the molecule is CC1CCN(C(=O)COC(=O)CNC(=O)c2ccc(Cl)c(Cl)c2)CC1. The molecule has 0 aliphatic carbocycles. The molecular weight excluding hydrogens is 367 g/mol. The number of piperidine rings is 1. The summed E-state index contributed by atoms with van der Waals surface area (Å²) in [6.07, 6.45) is 1.92. The predicted octanol–water partition coefficient (Wildman–Crippen LogP) is 2.52. The lowest BCUT2D eigenvalue weighted by Gasteiger charge is -2.30. The van der Waals surface area contributed by atoms with Gasteiger partial charge in [0.15, 0.2) is 6.61 Å². The Morgan fingerprint density at radius 2 is 1.88 bits per heavy atom. The molecule has 0 unspecified atom stereocenters. The van der Waals surface area contributed by atoms with E-state index in [1.54, 1.807) is 4.90 Å². The van der Waals surface area contributed by atoms with Gasteiger partial charge in [-0.05, 0) is 37.0 Å². The molecule has 0 spiro atoms. The fourth-order valence-electron chi connectivity index (χ4n) is 2.43. The molecule has 0 atom stereocenters. The van der Waals surface area contributed by atoms with E-state index in [1.165, 1.54) is 18.2 Å². The van der Waals surface area contributed by atoms with Crippen LogP contribution in [0.5, 0.6) is 0 Å². The summed E-state index contributed by atoms with van der Waals surface area (Å²) in [4.78, 5) is 37.3. The summed E-state index contributed by atoms with van der Waals surface area (Å²) >= 11 is 11.6. The highest BCUT2D eigenvalue weighted by atomic mass is 35.5. The van der Waals surface area contributed by atoms with E-state index in [0.717, 1.165) is 12.8 Å². The van der Waals surface area contributed by atoms with Crippen LogP contribution in [0.3, 0.4) is 0 Å². The van der Waals surface area contributed by atoms with Crippen LogP contribution in [0.4, 0.5) is 0 Å². The minimum Gasteiger partial charge on any atom is -0.454 e. The topological polar surface area (TPSA) is 75.7 Å². The zero-order valence-electron chi connectivity index (χ0n) is 13.9. The molecule has 1 aromatic rings. The quantitative estimate of drug-likeness (QED) is 0.788. The van der Waals surface area contributed by atoms with Crippen molar-refractivity contribution in [2.24, 2.45) is 5.92 Å². The van der Waals surface area contributed by atoms with Crippen molar-refractivity contribution in [3.05, 3.63) is 33.8 Å². The highest BCUT2D eigenvalue weighted by molar-refractivity contribution is 6.42. The number of hydrogen-bond acceptors (Lipinski definition) is 4. The molecule has 1 saturated heterocycles. The highest BCUT2D eigenvalue weighted by Crippen LogP contribution is 2.22. The molecule has 2 rings (SSSR count). The Morgan fingerprint density at radius 1 is 1.20 bits per heavy atom. The van der Waals surface area contributed by atoms with Gasteiger partial charge in [-0.25, -0.2) is 0 Å². The summed E-state index contributed by atoms with van der Waals surface area (Å²) in [7, 11) is 0. The number of likely N-dealkylation sites (tertiary alicyclic amines) is 1. The average molecular weight is 387 g/mol. The minimum absolute atomic E-state index is 0.212. The maximum atomic E-state index is 12.0. The third kappa shape index (κ3) is 5.90. The number of hydrogen-bond donors (Lipinski definition) is 1. The number of amides is 2. The van der Waals surface area contributed by atoms with E-state index in [2.05, 4.69) is 12.2 Å². The highest BCUT2D eigenvalue weighted by Gasteiger charge is 2.21. The van der Waals surface area contributed by atoms with Gasteiger partial charge in [0, 0.05) is 18.7 Å². The average Bonchev–Trinajstić information content (AvgIpc) is 2.60. The Hall–Kier alpha value is -1.79. The molecule has 0 aromatic heterocycles. The van der Waals surface area contributed by atoms with Gasteiger partial charge in [0.2, 0.25) is 0 Å². The molecule has 0 radical (unpaired) electrons. The van der Waals surface area contributed by atoms with Crippen molar-refractivity contribution < 1.29 is 19.1 Å². The van der Waals surface area contributed by atoms with Crippen molar-refractivity contribution >= 4 is 41.0 Å². The van der Waals surface area contributed by atoms with E-state index in [0.29, 0.717) is 24.0 Å². The van der Waals surface area contributed by atoms with Gasteiger partial charge in [-0.15, -0.1) is 0 Å². The molecule has 8 heteroatoms. The van der Waals surface area contributed by atoms with E-state index in [4.69, 9.17) is 27.9 Å². The van der Waals surface area contributed by atoms with E-state index < -0.39 is 11.9 Å². The van der Waals surface area contributed by atoms with E-state index in [1.807, 2.05) is 0 Å². The second kappa shape index (κ2) is 9.06. The molecule has 1 heterocycles. The summed E-state index contributed by atoms with van der Waals surface area (Å²) in [5, 5.41) is 3.00. The number of carbonyl (C=O) groups is 3. The number of esters is 1. The number of benzene rings is 1. The lowest BCUT2D eigenvalue weighted by molar-refractivity contribution is -0.151. The van der Waals surface area contributed by atoms with Crippen molar-refractivity contribution in [2.45, 2.75) is 19.8 Å². The van der Waals surface area contributed by atoms with E-state index in [-0.39, 0.29) is 29.6 Å². The molecule has 0 bridgehead atoms. The van der Waals surface area contributed by atoms with Crippen LogP contribution in [0.25, 0.3) is 0 Å². The van der Waals surface area contributed by atoms with Crippen LogP contribution in [-0.2, 0) is 14.3 Å². The van der Waals surface area contributed by atoms with Crippen LogP contribution in [0.2, 0.25) is 10.0 Å². The minimum atomic E-state index is -0.674. The number of carbonyl (C=O) groups excluding carboxylic acids is 3. The summed E-state index contributed by atoms with van der Waals surface area (Å²) in [6, 6.07) is 4.40. The van der Waals surface area contributed by atoms with Crippen molar-refractivity contribution in [2.75, 3.05) is 26.2 Å². The molecule has 1 fully saturated rings. The Morgan fingerprint density at radius 3 is 2.52 bits per heavy atom. The predicted molar refractivity (Wildman–Crippen MR) is 94.7 cm³/mol. The maximum Gasteiger partial charge on any atom is 0.325 e. The third-order valence-corrected chi connectivity index (χ3v) is 4.81. The number of halogens is 2. The first kappa shape index (κ1) is 19.5. The summed E-state index contributed by atoms with van der Waals surface area (Å²) in [6.45, 7) is 2.88. The van der Waals surface area contributed by atoms with Crippen molar-refractivity contribution in [1.82, 2.24) is 10.2 Å². The molecule has 1 aliphatic rings. The molecule has 136 valence electrons. The molecule has 1 N–H and O–H groups in total. The Labute approximate surface area is 156 Å². The van der Waals surface area contributed by atoms with Gasteiger partial charge in [-0.2, -0.15) is 0 Å². The number of nitrogens with one attached hydrogen (secondary N) is 1. The molecule has 1 aliphatic heterocycles. The van der Waals surface area contributed by atoms with Crippen molar-refractivity contribution in [3.63, 3.8) is 0 Å². The lowest BCUT2D eigenvalue weighted by Crippen LogP contribution is -2.41. The molecular formula is C17H20Cl2N2O4. The van der Waals surface area contributed by atoms with Crippen LogP contribution in [0.1, 0.15) is 30.1 Å². The van der Waals surface area contributed by atoms with Gasteiger partial charge in [-0.1, -0.05) is 30.1 Å². The first-order valence-corrected chi connectivity index (χ1v) is 8.79. The third-order valence-electron chi connectivity index (χ3n) is 4.07.